The molecule has 0 unspecified atom stereocenters. The Kier molecular flexibility index (Phi) is 3.69. The van der Waals surface area contributed by atoms with Crippen molar-refractivity contribution in [3.05, 3.63) is 34.2 Å². The van der Waals surface area contributed by atoms with Crippen LogP contribution in [0.2, 0.25) is 0 Å². The minimum absolute atomic E-state index is 0.0936. The van der Waals surface area contributed by atoms with Crippen LogP contribution in [0.5, 0.6) is 0 Å². The molecule has 1 amide bonds. The Labute approximate surface area is 110 Å². The van der Waals surface area contributed by atoms with Crippen molar-refractivity contribution in [3.8, 4) is 0 Å². The Balaban J connectivity index is 2.22. The second kappa shape index (κ2) is 5.26. The second-order valence-corrected chi connectivity index (χ2v) is 4.77. The zero-order chi connectivity index (χ0) is 14.0. The fraction of sp³-hybridized carbons (Fsp3) is 0.462. The first kappa shape index (κ1) is 13.3. The van der Waals surface area contributed by atoms with E-state index in [1.54, 1.807) is 19.3 Å². The smallest absolute Gasteiger partial charge is 0.308 e. The molecule has 19 heavy (non-hydrogen) atoms. The van der Waals surface area contributed by atoms with Crippen LogP contribution in [0, 0.1) is 5.92 Å². The number of aliphatic carboxylic acids is 1. The lowest BCUT2D eigenvalue weighted by Crippen LogP contribution is -2.44. The average molecular weight is 264 g/mol. The molecule has 102 valence electrons. The third-order valence-corrected chi connectivity index (χ3v) is 3.41. The maximum atomic E-state index is 12.3. The summed E-state index contributed by atoms with van der Waals surface area (Å²) >= 11 is 0. The van der Waals surface area contributed by atoms with Crippen LogP contribution < -0.4 is 5.56 Å². The first-order chi connectivity index (χ1) is 9.00. The summed E-state index contributed by atoms with van der Waals surface area (Å²) in [5.74, 6) is -1.81. The van der Waals surface area contributed by atoms with Crippen LogP contribution in [0.15, 0.2) is 23.1 Å². The van der Waals surface area contributed by atoms with Crippen LogP contribution in [0.25, 0.3) is 0 Å². The van der Waals surface area contributed by atoms with Gasteiger partial charge in [0.2, 0.25) is 0 Å². The molecule has 0 radical (unpaired) electrons. The van der Waals surface area contributed by atoms with E-state index in [0.717, 1.165) is 0 Å². The Hall–Kier alpha value is -2.11. The third-order valence-electron chi connectivity index (χ3n) is 3.41. The summed E-state index contributed by atoms with van der Waals surface area (Å²) in [7, 11) is 1.58. The maximum Gasteiger partial charge on any atom is 0.308 e. The summed E-state index contributed by atoms with van der Waals surface area (Å²) in [5.41, 5.74) is -0.263. The minimum Gasteiger partial charge on any atom is -0.481 e. The number of nitrogens with zero attached hydrogens (tertiary/aromatic N) is 2. The van der Waals surface area contributed by atoms with Crippen molar-refractivity contribution in [1.29, 1.82) is 0 Å². The fourth-order valence-electron chi connectivity index (χ4n) is 2.29. The maximum absolute atomic E-state index is 12.3. The molecule has 0 bridgehead atoms. The van der Waals surface area contributed by atoms with E-state index in [1.807, 2.05) is 0 Å². The lowest BCUT2D eigenvalue weighted by molar-refractivity contribution is -0.143. The number of piperidine rings is 1. The van der Waals surface area contributed by atoms with Gasteiger partial charge < -0.3 is 14.6 Å². The standard InChI is InChI=1S/C13H16N2O4/c1-14-6-3-5-10(11(14)16)12(17)15-7-2-4-9(8-15)13(18)19/h3,5-6,9H,2,4,7-8H2,1H3,(H,18,19)/t9-/m0/s1. The normalized spacial score (nSPS) is 19.2. The molecule has 0 aliphatic carbocycles. The summed E-state index contributed by atoms with van der Waals surface area (Å²) < 4.78 is 1.34. The van der Waals surface area contributed by atoms with Gasteiger partial charge in [0.25, 0.3) is 11.5 Å². The average Bonchev–Trinajstić information content (AvgIpc) is 2.41. The van der Waals surface area contributed by atoms with Gasteiger partial charge in [0.05, 0.1) is 5.92 Å². The van der Waals surface area contributed by atoms with Gasteiger partial charge in [-0.05, 0) is 25.0 Å². The number of pyridine rings is 1. The Bertz CT molecular complexity index is 564. The first-order valence-corrected chi connectivity index (χ1v) is 6.18. The van der Waals surface area contributed by atoms with Gasteiger partial charge in [-0.25, -0.2) is 0 Å². The number of carbonyl (C=O) groups is 2. The molecule has 0 saturated carbocycles. The van der Waals surface area contributed by atoms with Crippen molar-refractivity contribution in [1.82, 2.24) is 9.47 Å². The Morgan fingerprint density at radius 3 is 2.84 bits per heavy atom. The predicted octanol–water partition coefficient (Wildman–Crippen LogP) is 0.322. The van der Waals surface area contributed by atoms with Gasteiger partial charge in [-0.3, -0.25) is 14.4 Å². The van der Waals surface area contributed by atoms with E-state index >= 15 is 0 Å². The minimum atomic E-state index is -0.890. The number of hydrogen-bond acceptors (Lipinski definition) is 3. The van der Waals surface area contributed by atoms with E-state index < -0.39 is 11.9 Å². The van der Waals surface area contributed by atoms with E-state index in [1.165, 1.54) is 15.5 Å². The summed E-state index contributed by atoms with van der Waals surface area (Å²) in [6.45, 7) is 0.673. The van der Waals surface area contributed by atoms with Gasteiger partial charge in [0.15, 0.2) is 0 Å². The summed E-state index contributed by atoms with van der Waals surface area (Å²) in [5, 5.41) is 9.00. The van der Waals surface area contributed by atoms with Gasteiger partial charge in [0.1, 0.15) is 5.56 Å². The molecule has 1 fully saturated rings. The van der Waals surface area contributed by atoms with Crippen molar-refractivity contribution in [3.63, 3.8) is 0 Å². The van der Waals surface area contributed by atoms with E-state index in [0.29, 0.717) is 19.4 Å². The number of aromatic nitrogens is 1. The fourth-order valence-corrected chi connectivity index (χ4v) is 2.29. The summed E-state index contributed by atoms with van der Waals surface area (Å²) in [4.78, 5) is 36.6. The topological polar surface area (TPSA) is 79.6 Å². The van der Waals surface area contributed by atoms with Crippen LogP contribution in [-0.4, -0.2) is 39.5 Å². The molecule has 1 aromatic rings. The van der Waals surface area contributed by atoms with E-state index in [2.05, 4.69) is 0 Å². The van der Waals surface area contributed by atoms with Crippen LogP contribution in [0.4, 0.5) is 0 Å². The van der Waals surface area contributed by atoms with Crippen LogP contribution in [0.1, 0.15) is 23.2 Å². The molecule has 1 N–H and O–H groups in total. The molecule has 0 aromatic carbocycles. The number of carboxylic acid groups (broad SMARTS) is 1. The number of carbonyl (C=O) groups excluding carboxylic acids is 1. The summed E-state index contributed by atoms with van der Waals surface area (Å²) in [6, 6.07) is 3.11. The summed E-state index contributed by atoms with van der Waals surface area (Å²) in [6.07, 6.45) is 2.80. The number of rotatable bonds is 2. The highest BCUT2D eigenvalue weighted by atomic mass is 16.4. The molecule has 1 aliphatic rings. The predicted molar refractivity (Wildman–Crippen MR) is 67.9 cm³/mol. The quantitative estimate of drug-likeness (QED) is 0.834. The molecule has 1 saturated heterocycles. The van der Waals surface area contributed by atoms with Gasteiger partial charge in [0, 0.05) is 26.3 Å². The molecular formula is C13H16N2O4. The molecule has 6 nitrogen and oxygen atoms in total. The Morgan fingerprint density at radius 2 is 2.16 bits per heavy atom. The number of carboxylic acids is 1. The SMILES string of the molecule is Cn1cccc(C(=O)N2CCC[C@H](C(=O)O)C2)c1=O. The van der Waals surface area contributed by atoms with Crippen molar-refractivity contribution < 1.29 is 14.7 Å². The van der Waals surface area contributed by atoms with E-state index in [4.69, 9.17) is 5.11 Å². The molecular weight excluding hydrogens is 248 g/mol. The monoisotopic (exact) mass is 264 g/mol. The number of aryl methyl sites for hydroxylation is 1. The molecule has 1 aromatic heterocycles. The molecule has 1 atom stereocenters. The molecule has 1 aliphatic heterocycles. The third kappa shape index (κ3) is 2.67. The number of amides is 1. The highest BCUT2D eigenvalue weighted by Crippen LogP contribution is 2.17. The van der Waals surface area contributed by atoms with Crippen LogP contribution in [-0.2, 0) is 11.8 Å². The van der Waals surface area contributed by atoms with E-state index in [-0.39, 0.29) is 23.6 Å². The number of likely N-dealkylation sites (tertiary alicyclic amines) is 1. The molecule has 2 rings (SSSR count). The number of hydrogen-bond donors (Lipinski definition) is 1. The molecule has 6 heteroatoms. The lowest BCUT2D eigenvalue weighted by Gasteiger charge is -2.30. The van der Waals surface area contributed by atoms with Crippen molar-refractivity contribution in [2.24, 2.45) is 13.0 Å². The largest absolute Gasteiger partial charge is 0.481 e. The van der Waals surface area contributed by atoms with Crippen LogP contribution >= 0.6 is 0 Å². The lowest BCUT2D eigenvalue weighted by atomic mass is 9.98. The van der Waals surface area contributed by atoms with Crippen molar-refractivity contribution in [2.75, 3.05) is 13.1 Å². The van der Waals surface area contributed by atoms with Gasteiger partial charge in [-0.15, -0.1) is 0 Å². The van der Waals surface area contributed by atoms with Gasteiger partial charge in [-0.2, -0.15) is 0 Å². The zero-order valence-corrected chi connectivity index (χ0v) is 10.7. The van der Waals surface area contributed by atoms with Crippen molar-refractivity contribution in [2.45, 2.75) is 12.8 Å². The van der Waals surface area contributed by atoms with Gasteiger partial charge in [-0.1, -0.05) is 0 Å². The van der Waals surface area contributed by atoms with E-state index in [9.17, 15) is 14.4 Å². The molecule has 2 heterocycles. The van der Waals surface area contributed by atoms with Crippen molar-refractivity contribution >= 4 is 11.9 Å². The highest BCUT2D eigenvalue weighted by molar-refractivity contribution is 5.94. The first-order valence-electron chi connectivity index (χ1n) is 6.18. The second-order valence-electron chi connectivity index (χ2n) is 4.77. The van der Waals surface area contributed by atoms with Crippen LogP contribution in [0.3, 0.4) is 0 Å². The molecule has 0 spiro atoms. The highest BCUT2D eigenvalue weighted by Gasteiger charge is 2.29. The zero-order valence-electron chi connectivity index (χ0n) is 10.7. The Morgan fingerprint density at radius 1 is 1.42 bits per heavy atom. The van der Waals surface area contributed by atoms with Gasteiger partial charge >= 0.3 is 5.97 Å².